The molecule has 0 atom stereocenters. The highest BCUT2D eigenvalue weighted by Crippen LogP contribution is 2.33. The highest BCUT2D eigenvalue weighted by molar-refractivity contribution is 6.08. The van der Waals surface area contributed by atoms with Crippen molar-refractivity contribution >= 4 is 21.5 Å². The molecule has 0 aliphatic rings. The van der Waals surface area contributed by atoms with Crippen LogP contribution in [0.1, 0.15) is 71.6 Å². The van der Waals surface area contributed by atoms with E-state index in [9.17, 15) is 4.39 Å². The summed E-state index contributed by atoms with van der Waals surface area (Å²) in [6, 6.07) is 13.6. The predicted molar refractivity (Wildman–Crippen MR) is 125 cm³/mol. The molecule has 0 saturated carbocycles. The summed E-state index contributed by atoms with van der Waals surface area (Å²) in [4.78, 5) is 0. The van der Waals surface area contributed by atoms with Crippen molar-refractivity contribution in [2.45, 2.75) is 71.6 Å². The molecule has 0 aromatic heterocycles. The van der Waals surface area contributed by atoms with Gasteiger partial charge in [-0.25, -0.2) is 4.39 Å². The molecule has 0 heterocycles. The molecular formula is C27H35FO2. The van der Waals surface area contributed by atoms with Crippen molar-refractivity contribution in [1.82, 2.24) is 0 Å². The Kier molecular flexibility index (Phi) is 8.80. The first-order valence-electron chi connectivity index (χ1n) is 11.6. The Morgan fingerprint density at radius 3 is 2.03 bits per heavy atom. The summed E-state index contributed by atoms with van der Waals surface area (Å²) < 4.78 is 26.6. The van der Waals surface area contributed by atoms with Crippen LogP contribution in [0, 0.1) is 5.82 Å². The van der Waals surface area contributed by atoms with E-state index in [2.05, 4.69) is 19.9 Å². The highest BCUT2D eigenvalue weighted by atomic mass is 19.1. The van der Waals surface area contributed by atoms with Crippen LogP contribution < -0.4 is 9.47 Å². The lowest BCUT2D eigenvalue weighted by atomic mass is 10.0. The minimum Gasteiger partial charge on any atom is -0.494 e. The lowest BCUT2D eigenvalue weighted by Gasteiger charge is -2.12. The standard InChI is InChI=1S/C27H35FO2/c1-3-5-7-9-11-18-29-22-13-15-23-21(20-22)12-14-25-24(23)16-17-26(27(25)28)30-19-10-8-6-4-2/h12-17,20H,3-11,18-19H2,1-2H3. The number of fused-ring (bicyclic) bond motifs is 3. The summed E-state index contributed by atoms with van der Waals surface area (Å²) in [5.74, 6) is 0.962. The fraction of sp³-hybridized carbons (Fsp3) is 0.481. The number of unbranched alkanes of at least 4 members (excludes halogenated alkanes) is 7. The Balaban J connectivity index is 1.68. The first-order valence-corrected chi connectivity index (χ1v) is 11.6. The average Bonchev–Trinajstić information content (AvgIpc) is 2.77. The van der Waals surface area contributed by atoms with Gasteiger partial charge in [0, 0.05) is 5.39 Å². The molecule has 3 rings (SSSR count). The van der Waals surface area contributed by atoms with E-state index in [4.69, 9.17) is 9.47 Å². The molecule has 3 aromatic carbocycles. The van der Waals surface area contributed by atoms with E-state index in [0.29, 0.717) is 17.7 Å². The van der Waals surface area contributed by atoms with Crippen molar-refractivity contribution in [3.63, 3.8) is 0 Å². The minimum atomic E-state index is -0.266. The van der Waals surface area contributed by atoms with Crippen LogP contribution in [0.5, 0.6) is 11.5 Å². The van der Waals surface area contributed by atoms with Crippen LogP contribution in [-0.4, -0.2) is 13.2 Å². The Morgan fingerprint density at radius 1 is 0.633 bits per heavy atom. The highest BCUT2D eigenvalue weighted by Gasteiger charge is 2.11. The van der Waals surface area contributed by atoms with Crippen LogP contribution in [0.3, 0.4) is 0 Å². The van der Waals surface area contributed by atoms with Crippen molar-refractivity contribution in [2.75, 3.05) is 13.2 Å². The quantitative estimate of drug-likeness (QED) is 0.208. The molecular weight excluding hydrogens is 375 g/mol. The van der Waals surface area contributed by atoms with Gasteiger partial charge in [0.15, 0.2) is 11.6 Å². The summed E-state index contributed by atoms with van der Waals surface area (Å²) in [5.41, 5.74) is 0. The Hall–Kier alpha value is -2.29. The number of rotatable bonds is 13. The molecule has 3 heteroatoms. The first kappa shape index (κ1) is 22.4. The second-order valence-electron chi connectivity index (χ2n) is 8.09. The third kappa shape index (κ3) is 5.87. The monoisotopic (exact) mass is 410 g/mol. The van der Waals surface area contributed by atoms with Gasteiger partial charge in [0.05, 0.1) is 13.2 Å². The molecule has 0 bridgehead atoms. The fourth-order valence-corrected chi connectivity index (χ4v) is 3.88. The van der Waals surface area contributed by atoms with Crippen LogP contribution >= 0.6 is 0 Å². The summed E-state index contributed by atoms with van der Waals surface area (Å²) in [6.07, 6.45) is 10.6. The SMILES string of the molecule is CCCCCCCOc1ccc2c(ccc3c(F)c(OCCCCCC)ccc32)c1. The molecule has 30 heavy (non-hydrogen) atoms. The van der Waals surface area contributed by atoms with Crippen molar-refractivity contribution in [3.05, 3.63) is 48.3 Å². The lowest BCUT2D eigenvalue weighted by Crippen LogP contribution is -2.00. The first-order chi connectivity index (χ1) is 14.7. The van der Waals surface area contributed by atoms with Crippen molar-refractivity contribution < 1.29 is 13.9 Å². The summed E-state index contributed by atoms with van der Waals surface area (Å²) in [5, 5.41) is 3.63. The van der Waals surface area contributed by atoms with Gasteiger partial charge in [0.1, 0.15) is 5.75 Å². The van der Waals surface area contributed by atoms with E-state index >= 15 is 0 Å². The van der Waals surface area contributed by atoms with Gasteiger partial charge < -0.3 is 9.47 Å². The largest absolute Gasteiger partial charge is 0.494 e. The Labute approximate surface area is 180 Å². The number of ether oxygens (including phenoxy) is 2. The van der Waals surface area contributed by atoms with Crippen molar-refractivity contribution in [3.8, 4) is 11.5 Å². The minimum absolute atomic E-state index is 0.266. The third-order valence-electron chi connectivity index (χ3n) is 5.66. The molecule has 0 N–H and O–H groups in total. The van der Waals surface area contributed by atoms with Gasteiger partial charge in [-0.3, -0.25) is 0 Å². The molecule has 0 fully saturated rings. The lowest BCUT2D eigenvalue weighted by molar-refractivity contribution is 0.292. The molecule has 2 nitrogen and oxygen atoms in total. The third-order valence-corrected chi connectivity index (χ3v) is 5.66. The number of hydrogen-bond acceptors (Lipinski definition) is 2. The van der Waals surface area contributed by atoms with Gasteiger partial charge in [-0.05, 0) is 53.3 Å². The van der Waals surface area contributed by atoms with Crippen LogP contribution in [-0.2, 0) is 0 Å². The van der Waals surface area contributed by atoms with Crippen LogP contribution in [0.25, 0.3) is 21.5 Å². The van der Waals surface area contributed by atoms with Crippen LogP contribution in [0.4, 0.5) is 4.39 Å². The maximum Gasteiger partial charge on any atom is 0.172 e. The van der Waals surface area contributed by atoms with Crippen molar-refractivity contribution in [2.24, 2.45) is 0 Å². The average molecular weight is 411 g/mol. The zero-order valence-electron chi connectivity index (χ0n) is 18.5. The van der Waals surface area contributed by atoms with E-state index < -0.39 is 0 Å². The zero-order valence-corrected chi connectivity index (χ0v) is 18.5. The van der Waals surface area contributed by atoms with Gasteiger partial charge in [0.2, 0.25) is 0 Å². The molecule has 3 aromatic rings. The Morgan fingerprint density at radius 2 is 1.27 bits per heavy atom. The van der Waals surface area contributed by atoms with E-state index in [1.807, 2.05) is 30.3 Å². The number of benzene rings is 3. The molecule has 0 amide bonds. The molecule has 162 valence electrons. The van der Waals surface area contributed by atoms with Gasteiger partial charge in [-0.2, -0.15) is 0 Å². The molecule has 0 aliphatic heterocycles. The second-order valence-corrected chi connectivity index (χ2v) is 8.09. The van der Waals surface area contributed by atoms with E-state index in [1.165, 1.54) is 38.5 Å². The van der Waals surface area contributed by atoms with Crippen LogP contribution in [0.2, 0.25) is 0 Å². The Bertz CT molecular complexity index is 935. The van der Waals surface area contributed by atoms with Gasteiger partial charge in [-0.1, -0.05) is 77.0 Å². The van der Waals surface area contributed by atoms with E-state index in [1.54, 1.807) is 6.07 Å². The van der Waals surface area contributed by atoms with E-state index in [-0.39, 0.29) is 5.82 Å². The smallest absolute Gasteiger partial charge is 0.172 e. The van der Waals surface area contributed by atoms with E-state index in [0.717, 1.165) is 47.8 Å². The molecule has 0 radical (unpaired) electrons. The van der Waals surface area contributed by atoms with Gasteiger partial charge >= 0.3 is 0 Å². The summed E-state index contributed by atoms with van der Waals surface area (Å²) >= 11 is 0. The normalized spacial score (nSPS) is 11.3. The topological polar surface area (TPSA) is 18.5 Å². The fourth-order valence-electron chi connectivity index (χ4n) is 3.88. The molecule has 0 aliphatic carbocycles. The molecule has 0 saturated heterocycles. The number of hydrogen-bond donors (Lipinski definition) is 0. The second kappa shape index (κ2) is 11.8. The van der Waals surface area contributed by atoms with Crippen LogP contribution in [0.15, 0.2) is 42.5 Å². The number of halogens is 1. The molecule has 0 unspecified atom stereocenters. The molecule has 0 spiro atoms. The summed E-state index contributed by atoms with van der Waals surface area (Å²) in [6.45, 7) is 5.72. The van der Waals surface area contributed by atoms with Gasteiger partial charge in [0.25, 0.3) is 0 Å². The maximum absolute atomic E-state index is 15.0. The van der Waals surface area contributed by atoms with Gasteiger partial charge in [-0.15, -0.1) is 0 Å². The predicted octanol–water partition coefficient (Wildman–Crippen LogP) is 8.44. The zero-order chi connectivity index (χ0) is 21.2. The maximum atomic E-state index is 15.0. The summed E-state index contributed by atoms with van der Waals surface area (Å²) in [7, 11) is 0. The van der Waals surface area contributed by atoms with Crippen molar-refractivity contribution in [1.29, 1.82) is 0 Å².